The van der Waals surface area contributed by atoms with Crippen molar-refractivity contribution in [1.82, 2.24) is 15.1 Å². The highest BCUT2D eigenvalue weighted by Crippen LogP contribution is 2.42. The number of carbonyl (C=O) groups is 2. The summed E-state index contributed by atoms with van der Waals surface area (Å²) < 4.78 is 43.1. The van der Waals surface area contributed by atoms with E-state index in [1.807, 2.05) is 6.07 Å². The van der Waals surface area contributed by atoms with Gasteiger partial charge in [0.15, 0.2) is 5.67 Å². The Morgan fingerprint density at radius 1 is 0.944 bits per heavy atom. The molecule has 2 aliphatic rings. The fourth-order valence-electron chi connectivity index (χ4n) is 4.80. The summed E-state index contributed by atoms with van der Waals surface area (Å²) in [5.41, 5.74) is 0.756. The Morgan fingerprint density at radius 2 is 1.58 bits per heavy atom. The average Bonchev–Trinajstić information content (AvgIpc) is 3.35. The van der Waals surface area contributed by atoms with Crippen LogP contribution >= 0.6 is 0 Å². The molecule has 0 spiro atoms. The van der Waals surface area contributed by atoms with Crippen molar-refractivity contribution in [1.29, 1.82) is 0 Å². The zero-order valence-corrected chi connectivity index (χ0v) is 19.0. The summed E-state index contributed by atoms with van der Waals surface area (Å²) in [6.45, 7) is 0. The minimum atomic E-state index is -1.88. The van der Waals surface area contributed by atoms with Crippen LogP contribution in [0.15, 0.2) is 72.9 Å². The molecule has 1 aliphatic heterocycles. The van der Waals surface area contributed by atoms with Crippen molar-refractivity contribution in [3.8, 4) is 5.69 Å². The molecule has 1 N–H and O–H groups in total. The zero-order chi connectivity index (χ0) is 25.0. The number of anilines is 1. The number of aromatic nitrogens is 2. The lowest BCUT2D eigenvalue weighted by Crippen LogP contribution is -2.44. The lowest BCUT2D eigenvalue weighted by Gasteiger charge is -2.29. The second-order valence-electron chi connectivity index (χ2n) is 9.29. The van der Waals surface area contributed by atoms with E-state index < -0.39 is 29.5 Å². The molecular weight excluding hydrogens is 469 g/mol. The molecule has 1 saturated carbocycles. The number of nitrogens with zero attached hydrogens (tertiary/aromatic N) is 3. The van der Waals surface area contributed by atoms with Gasteiger partial charge in [0.2, 0.25) is 5.91 Å². The van der Waals surface area contributed by atoms with Gasteiger partial charge in [0, 0.05) is 17.5 Å². The second-order valence-corrected chi connectivity index (χ2v) is 9.29. The average molecular weight is 490 g/mol. The summed E-state index contributed by atoms with van der Waals surface area (Å²) in [4.78, 5) is 27.3. The number of benzene rings is 3. The molecule has 1 aliphatic carbocycles. The van der Waals surface area contributed by atoms with Gasteiger partial charge >= 0.3 is 0 Å². The zero-order valence-electron chi connectivity index (χ0n) is 19.0. The summed E-state index contributed by atoms with van der Waals surface area (Å²) in [5.74, 6) is -1.74. The van der Waals surface area contributed by atoms with E-state index in [-0.39, 0.29) is 31.0 Å². The number of alkyl halides is 1. The summed E-state index contributed by atoms with van der Waals surface area (Å²) in [6, 6.07) is 15.7. The van der Waals surface area contributed by atoms with Crippen LogP contribution in [0.4, 0.5) is 18.9 Å². The number of hydrogen-bond acceptors (Lipinski definition) is 3. The molecule has 9 heteroatoms. The minimum Gasteiger partial charge on any atom is -0.348 e. The molecule has 6 nitrogen and oxygen atoms in total. The van der Waals surface area contributed by atoms with Crippen LogP contribution < -0.4 is 10.2 Å². The molecule has 2 heterocycles. The van der Waals surface area contributed by atoms with Crippen LogP contribution in [0.5, 0.6) is 0 Å². The van der Waals surface area contributed by atoms with Gasteiger partial charge in [0.05, 0.1) is 29.5 Å². The van der Waals surface area contributed by atoms with E-state index in [1.165, 1.54) is 24.3 Å². The Morgan fingerprint density at radius 3 is 2.25 bits per heavy atom. The van der Waals surface area contributed by atoms with Crippen molar-refractivity contribution >= 4 is 28.4 Å². The predicted molar refractivity (Wildman–Crippen MR) is 127 cm³/mol. The topological polar surface area (TPSA) is 67.2 Å². The molecule has 0 bridgehead atoms. The summed E-state index contributed by atoms with van der Waals surface area (Å²) in [6.07, 6.45) is 1.96. The van der Waals surface area contributed by atoms with Crippen molar-refractivity contribution in [2.45, 2.75) is 37.0 Å². The molecule has 4 aromatic rings. The third-order valence-electron chi connectivity index (χ3n) is 6.85. The van der Waals surface area contributed by atoms with Crippen LogP contribution in [0.3, 0.4) is 0 Å². The maximum atomic E-state index is 14.4. The molecule has 6 rings (SSSR count). The Hall–Kier alpha value is -4.14. The number of hydrogen-bond donors (Lipinski definition) is 1. The van der Waals surface area contributed by atoms with Crippen LogP contribution in [0.1, 0.15) is 30.9 Å². The Bertz CT molecular complexity index is 1480. The Balaban J connectivity index is 1.38. The number of nitrogens with one attached hydrogen (secondary N) is 1. The quantitative estimate of drug-likeness (QED) is 0.438. The monoisotopic (exact) mass is 490 g/mol. The Kier molecular flexibility index (Phi) is 5.10. The fraction of sp³-hybridized carbons (Fsp3) is 0.222. The molecular formula is C27H21F3N4O2. The first-order valence-corrected chi connectivity index (χ1v) is 11.6. The van der Waals surface area contributed by atoms with E-state index in [2.05, 4.69) is 10.4 Å². The van der Waals surface area contributed by atoms with E-state index in [0.717, 1.165) is 10.9 Å². The molecule has 36 heavy (non-hydrogen) atoms. The molecule has 2 fully saturated rings. The Labute approximate surface area is 204 Å². The first-order chi connectivity index (χ1) is 17.3. The van der Waals surface area contributed by atoms with Gasteiger partial charge in [-0.2, -0.15) is 5.10 Å². The van der Waals surface area contributed by atoms with E-state index in [1.54, 1.807) is 52.2 Å². The minimum absolute atomic E-state index is 0.0171. The summed E-state index contributed by atoms with van der Waals surface area (Å²) >= 11 is 0. The highest BCUT2D eigenvalue weighted by atomic mass is 19.1. The maximum absolute atomic E-state index is 14.4. The lowest BCUT2D eigenvalue weighted by molar-refractivity contribution is -0.128. The molecule has 1 aromatic heterocycles. The van der Waals surface area contributed by atoms with Gasteiger partial charge in [-0.3, -0.25) is 9.59 Å². The van der Waals surface area contributed by atoms with Crippen LogP contribution in [0.25, 0.3) is 16.6 Å². The van der Waals surface area contributed by atoms with Crippen molar-refractivity contribution in [2.75, 3.05) is 4.90 Å². The van der Waals surface area contributed by atoms with Crippen LogP contribution in [0.2, 0.25) is 0 Å². The number of amides is 2. The molecule has 182 valence electrons. The van der Waals surface area contributed by atoms with Gasteiger partial charge in [-0.15, -0.1) is 0 Å². The third kappa shape index (κ3) is 3.80. The van der Waals surface area contributed by atoms with Crippen molar-refractivity contribution in [2.24, 2.45) is 0 Å². The van der Waals surface area contributed by atoms with Gasteiger partial charge in [0.1, 0.15) is 11.6 Å². The molecule has 1 saturated heterocycles. The molecule has 2 atom stereocenters. The fourth-order valence-corrected chi connectivity index (χ4v) is 4.80. The summed E-state index contributed by atoms with van der Waals surface area (Å²) in [5, 5.41) is 7.88. The SMILES string of the molecule is O=C1C[C@H](NC(=O)C2(F)CC2)[C@@H](c2ccc(F)cc2)N1c1ccc2c(cnn2-c2ccc(F)cc2)c1. The highest BCUT2D eigenvalue weighted by Gasteiger charge is 2.53. The van der Waals surface area contributed by atoms with Crippen LogP contribution in [-0.4, -0.2) is 33.3 Å². The highest BCUT2D eigenvalue weighted by molar-refractivity contribution is 6.00. The van der Waals surface area contributed by atoms with Gasteiger partial charge < -0.3 is 10.2 Å². The number of rotatable bonds is 5. The van der Waals surface area contributed by atoms with E-state index >= 15 is 0 Å². The number of halogens is 3. The van der Waals surface area contributed by atoms with Crippen LogP contribution in [0, 0.1) is 11.6 Å². The summed E-state index contributed by atoms with van der Waals surface area (Å²) in [7, 11) is 0. The molecule has 0 radical (unpaired) electrons. The van der Waals surface area contributed by atoms with E-state index in [4.69, 9.17) is 0 Å². The van der Waals surface area contributed by atoms with Gasteiger partial charge in [0.25, 0.3) is 5.91 Å². The van der Waals surface area contributed by atoms with Gasteiger partial charge in [-0.05, 0) is 73.0 Å². The van der Waals surface area contributed by atoms with Crippen LogP contribution in [-0.2, 0) is 9.59 Å². The second kappa shape index (κ2) is 8.22. The molecule has 0 unspecified atom stereocenters. The van der Waals surface area contributed by atoms with Gasteiger partial charge in [-0.25, -0.2) is 17.9 Å². The normalized spacial score (nSPS) is 20.6. The van der Waals surface area contributed by atoms with Crippen molar-refractivity contribution < 1.29 is 22.8 Å². The maximum Gasteiger partial charge on any atom is 0.257 e. The standard InChI is InChI=1S/C27H21F3N4O2/c28-18-3-1-16(2-4-18)25-22(32-26(36)27(30)11-12-27)14-24(35)33(25)21-9-10-23-17(13-21)15-31-34(23)20-7-5-19(29)6-8-20/h1-10,13,15,22,25H,11-12,14H2,(H,32,36)/t22-,25+/m0/s1. The predicted octanol–water partition coefficient (Wildman–Crippen LogP) is 4.77. The smallest absolute Gasteiger partial charge is 0.257 e. The number of carbonyl (C=O) groups excluding carboxylic acids is 2. The van der Waals surface area contributed by atoms with Crippen molar-refractivity contribution in [3.05, 3.63) is 90.1 Å². The van der Waals surface area contributed by atoms with Crippen molar-refractivity contribution in [3.63, 3.8) is 0 Å². The number of fused-ring (bicyclic) bond motifs is 1. The lowest BCUT2D eigenvalue weighted by atomic mass is 9.99. The van der Waals surface area contributed by atoms with E-state index in [0.29, 0.717) is 16.9 Å². The third-order valence-corrected chi connectivity index (χ3v) is 6.85. The first-order valence-electron chi connectivity index (χ1n) is 11.6. The first kappa shape index (κ1) is 22.3. The molecule has 2 amide bonds. The van der Waals surface area contributed by atoms with E-state index in [9.17, 15) is 22.8 Å². The van der Waals surface area contributed by atoms with Gasteiger partial charge in [-0.1, -0.05) is 12.1 Å². The molecule has 3 aromatic carbocycles. The largest absolute Gasteiger partial charge is 0.348 e.